The van der Waals surface area contributed by atoms with Crippen LogP contribution in [-0.4, -0.2) is 6.54 Å². The molecular formula is C5H7N2. The number of nitriles is 1. The molecule has 1 saturated heterocycles. The minimum Gasteiger partial charge on any atom is -0.311 e. The molecule has 1 unspecified atom stereocenters. The molecule has 0 amide bonds. The van der Waals surface area contributed by atoms with Gasteiger partial charge in [0.15, 0.2) is 0 Å². The fourth-order valence-corrected chi connectivity index (χ4v) is 0.650. The molecule has 0 aromatic heterocycles. The Morgan fingerprint density at radius 1 is 1.86 bits per heavy atom. The third-order valence-corrected chi connectivity index (χ3v) is 1.08. The number of nitrogens with one attached hydrogen (secondary N) is 1. The molecule has 1 fully saturated rings. The van der Waals surface area contributed by atoms with Gasteiger partial charge in [-0.05, 0) is 13.0 Å². The first-order chi connectivity index (χ1) is 3.43. The largest absolute Gasteiger partial charge is 0.311 e. The quantitative estimate of drug-likeness (QED) is 0.469. The fraction of sp³-hybridized carbons (Fsp3) is 0.600. The van der Waals surface area contributed by atoms with Crippen LogP contribution in [0.5, 0.6) is 0 Å². The molecule has 0 aliphatic carbocycles. The summed E-state index contributed by atoms with van der Waals surface area (Å²) in [6.45, 7) is 2.82. The van der Waals surface area contributed by atoms with Gasteiger partial charge in [-0.1, -0.05) is 0 Å². The van der Waals surface area contributed by atoms with Crippen LogP contribution in [0.3, 0.4) is 0 Å². The van der Waals surface area contributed by atoms with Crippen molar-refractivity contribution in [2.45, 2.75) is 6.42 Å². The van der Waals surface area contributed by atoms with E-state index in [-0.39, 0.29) is 5.92 Å². The first-order valence-corrected chi connectivity index (χ1v) is 2.40. The van der Waals surface area contributed by atoms with Gasteiger partial charge in [0.1, 0.15) is 0 Å². The molecule has 1 radical (unpaired) electrons. The van der Waals surface area contributed by atoms with E-state index < -0.39 is 0 Å². The van der Waals surface area contributed by atoms with Crippen molar-refractivity contribution < 1.29 is 0 Å². The second kappa shape index (κ2) is 1.94. The van der Waals surface area contributed by atoms with E-state index in [4.69, 9.17) is 5.26 Å². The monoisotopic (exact) mass is 95.1 g/mol. The van der Waals surface area contributed by atoms with Crippen LogP contribution < -0.4 is 5.32 Å². The molecule has 7 heavy (non-hydrogen) atoms. The van der Waals surface area contributed by atoms with Crippen molar-refractivity contribution in [3.05, 3.63) is 6.54 Å². The Morgan fingerprint density at radius 3 is 3.00 bits per heavy atom. The number of rotatable bonds is 0. The Hall–Kier alpha value is -0.550. The van der Waals surface area contributed by atoms with Gasteiger partial charge >= 0.3 is 0 Å². The highest BCUT2D eigenvalue weighted by Crippen LogP contribution is 2.07. The summed E-state index contributed by atoms with van der Waals surface area (Å²) in [7, 11) is 0. The molecule has 0 aromatic rings. The maximum absolute atomic E-state index is 8.24. The van der Waals surface area contributed by atoms with E-state index in [1.165, 1.54) is 0 Å². The highest BCUT2D eigenvalue weighted by Gasteiger charge is 2.12. The van der Waals surface area contributed by atoms with Crippen molar-refractivity contribution in [3.8, 4) is 6.07 Å². The standard InChI is InChI=1S/C5H7N2/c6-3-5-1-2-7-4-5/h4-5,7H,1-2H2. The molecule has 1 atom stereocenters. The van der Waals surface area contributed by atoms with Gasteiger partial charge in [-0.3, -0.25) is 0 Å². The van der Waals surface area contributed by atoms with Crippen molar-refractivity contribution in [3.63, 3.8) is 0 Å². The van der Waals surface area contributed by atoms with Crippen molar-refractivity contribution in [1.82, 2.24) is 5.32 Å². The molecule has 1 N–H and O–H groups in total. The van der Waals surface area contributed by atoms with Crippen molar-refractivity contribution in [2.75, 3.05) is 6.54 Å². The smallest absolute Gasteiger partial charge is 0.0673 e. The van der Waals surface area contributed by atoms with Gasteiger partial charge in [0.25, 0.3) is 0 Å². The summed E-state index contributed by atoms with van der Waals surface area (Å²) < 4.78 is 0. The van der Waals surface area contributed by atoms with E-state index in [9.17, 15) is 0 Å². The van der Waals surface area contributed by atoms with Gasteiger partial charge in [-0.15, -0.1) is 0 Å². The minimum atomic E-state index is 0.167. The molecule has 1 aliphatic rings. The normalized spacial score (nSPS) is 29.9. The maximum atomic E-state index is 8.24. The van der Waals surface area contributed by atoms with E-state index in [0.29, 0.717) is 0 Å². The van der Waals surface area contributed by atoms with E-state index in [0.717, 1.165) is 13.0 Å². The van der Waals surface area contributed by atoms with E-state index in [1.807, 2.05) is 6.54 Å². The third-order valence-electron chi connectivity index (χ3n) is 1.08. The lowest BCUT2D eigenvalue weighted by Crippen LogP contribution is -1.99. The van der Waals surface area contributed by atoms with Gasteiger partial charge in [0, 0.05) is 6.54 Å². The zero-order valence-electron chi connectivity index (χ0n) is 4.02. The predicted molar refractivity (Wildman–Crippen MR) is 26.0 cm³/mol. The fourth-order valence-electron chi connectivity index (χ4n) is 0.650. The zero-order valence-corrected chi connectivity index (χ0v) is 4.02. The van der Waals surface area contributed by atoms with Crippen LogP contribution in [0.25, 0.3) is 0 Å². The minimum absolute atomic E-state index is 0.167. The summed E-state index contributed by atoms with van der Waals surface area (Å²) in [6, 6.07) is 2.15. The van der Waals surface area contributed by atoms with Crippen LogP contribution in [0.1, 0.15) is 6.42 Å². The van der Waals surface area contributed by atoms with Crippen LogP contribution in [0, 0.1) is 23.8 Å². The van der Waals surface area contributed by atoms with E-state index in [2.05, 4.69) is 11.4 Å². The molecule has 37 valence electrons. The Bertz CT molecular complexity index is 86.7. The first-order valence-electron chi connectivity index (χ1n) is 2.40. The van der Waals surface area contributed by atoms with Crippen LogP contribution in [0.4, 0.5) is 0 Å². The van der Waals surface area contributed by atoms with Gasteiger partial charge in [-0.2, -0.15) is 5.26 Å². The molecule has 2 nitrogen and oxygen atoms in total. The molecule has 1 aliphatic heterocycles. The number of hydrogen-bond donors (Lipinski definition) is 1. The second-order valence-corrected chi connectivity index (χ2v) is 1.65. The number of hydrogen-bond acceptors (Lipinski definition) is 2. The Kier molecular flexibility index (Phi) is 1.28. The summed E-state index contributed by atoms with van der Waals surface area (Å²) in [6.07, 6.45) is 0.983. The summed E-state index contributed by atoms with van der Waals surface area (Å²) in [5, 5.41) is 11.2. The zero-order chi connectivity index (χ0) is 5.11. The Labute approximate surface area is 43.1 Å². The highest BCUT2D eigenvalue weighted by atomic mass is 14.9. The van der Waals surface area contributed by atoms with Gasteiger partial charge < -0.3 is 5.32 Å². The lowest BCUT2D eigenvalue weighted by atomic mass is 10.2. The van der Waals surface area contributed by atoms with Crippen LogP contribution >= 0.6 is 0 Å². The van der Waals surface area contributed by atoms with Crippen molar-refractivity contribution in [1.29, 1.82) is 5.26 Å². The second-order valence-electron chi connectivity index (χ2n) is 1.65. The molecular weight excluding hydrogens is 88.1 g/mol. The predicted octanol–water partition coefficient (Wildman–Crippen LogP) is 0.281. The highest BCUT2D eigenvalue weighted by molar-refractivity contribution is 4.96. The van der Waals surface area contributed by atoms with E-state index in [1.54, 1.807) is 0 Å². The summed E-state index contributed by atoms with van der Waals surface area (Å²) in [5.41, 5.74) is 0. The average molecular weight is 95.1 g/mol. The maximum Gasteiger partial charge on any atom is 0.0673 e. The van der Waals surface area contributed by atoms with E-state index >= 15 is 0 Å². The SMILES string of the molecule is N#CC1[CH]NCC1. The molecule has 0 bridgehead atoms. The van der Waals surface area contributed by atoms with Gasteiger partial charge in [0.05, 0.1) is 12.0 Å². The third kappa shape index (κ3) is 0.908. The number of nitrogens with zero attached hydrogens (tertiary/aromatic N) is 1. The summed E-state index contributed by atoms with van der Waals surface area (Å²) in [4.78, 5) is 0. The molecule has 2 heteroatoms. The summed E-state index contributed by atoms with van der Waals surface area (Å²) in [5.74, 6) is 0.167. The lowest BCUT2D eigenvalue weighted by molar-refractivity contribution is 0.807. The van der Waals surface area contributed by atoms with Crippen molar-refractivity contribution in [2.24, 2.45) is 5.92 Å². The van der Waals surface area contributed by atoms with Gasteiger partial charge in [0.2, 0.25) is 0 Å². The molecule has 1 heterocycles. The Morgan fingerprint density at radius 2 is 2.71 bits per heavy atom. The van der Waals surface area contributed by atoms with Crippen LogP contribution in [0.15, 0.2) is 0 Å². The molecule has 0 aromatic carbocycles. The van der Waals surface area contributed by atoms with Crippen molar-refractivity contribution >= 4 is 0 Å². The topological polar surface area (TPSA) is 35.8 Å². The van der Waals surface area contributed by atoms with Gasteiger partial charge in [-0.25, -0.2) is 0 Å². The Balaban J connectivity index is 2.31. The first kappa shape index (κ1) is 4.61. The molecule has 1 rings (SSSR count). The average Bonchev–Trinajstić information content (AvgIpc) is 2.14. The lowest BCUT2D eigenvalue weighted by Gasteiger charge is -1.86. The van der Waals surface area contributed by atoms with Crippen LogP contribution in [-0.2, 0) is 0 Å². The molecule has 0 saturated carbocycles. The van der Waals surface area contributed by atoms with Crippen LogP contribution in [0.2, 0.25) is 0 Å². The summed E-state index contributed by atoms with van der Waals surface area (Å²) >= 11 is 0. The molecule has 0 spiro atoms.